The Labute approximate surface area is 115 Å². The molecule has 19 heavy (non-hydrogen) atoms. The Hall–Kier alpha value is -1.46. The van der Waals surface area contributed by atoms with Crippen LogP contribution in [0.3, 0.4) is 0 Å². The molecule has 3 rings (SSSR count). The number of nitrogen functional groups attached to an aromatic ring is 1. The fraction of sp³-hybridized carbons (Fsp3) is 0.385. The molecule has 1 aliphatic rings. The van der Waals surface area contributed by atoms with Crippen LogP contribution in [0, 0.1) is 0 Å². The smallest absolute Gasteiger partial charge is 0.220 e. The van der Waals surface area contributed by atoms with Gasteiger partial charge in [-0.15, -0.1) is 0 Å². The lowest BCUT2D eigenvalue weighted by Crippen LogP contribution is -2.36. The highest BCUT2D eigenvalue weighted by molar-refractivity contribution is 6.32. The third-order valence-electron chi connectivity index (χ3n) is 3.52. The van der Waals surface area contributed by atoms with Gasteiger partial charge in [-0.05, 0) is 30.7 Å². The zero-order valence-electron chi connectivity index (χ0n) is 10.2. The van der Waals surface area contributed by atoms with E-state index in [1.165, 1.54) is 0 Å². The number of hydrogen-bond donors (Lipinski definition) is 2. The number of alkyl halides is 1. The van der Waals surface area contributed by atoms with Crippen LogP contribution in [-0.4, -0.2) is 29.2 Å². The van der Waals surface area contributed by atoms with Crippen molar-refractivity contribution in [2.75, 3.05) is 18.8 Å². The first kappa shape index (κ1) is 12.6. The minimum atomic E-state index is -0.928. The summed E-state index contributed by atoms with van der Waals surface area (Å²) in [5, 5.41) is 4.41. The van der Waals surface area contributed by atoms with Crippen molar-refractivity contribution in [2.45, 2.75) is 18.5 Å². The van der Waals surface area contributed by atoms with Crippen molar-refractivity contribution < 1.29 is 4.39 Å². The van der Waals surface area contributed by atoms with Crippen LogP contribution in [0.2, 0.25) is 5.02 Å². The normalized spacial score (nSPS) is 23.7. The molecule has 1 aromatic heterocycles. The van der Waals surface area contributed by atoms with E-state index in [1.807, 2.05) is 6.07 Å². The molecule has 2 unspecified atom stereocenters. The molecule has 1 fully saturated rings. The zero-order valence-corrected chi connectivity index (χ0v) is 11.0. The van der Waals surface area contributed by atoms with Gasteiger partial charge in [0.05, 0.1) is 5.52 Å². The van der Waals surface area contributed by atoms with E-state index in [4.69, 9.17) is 17.3 Å². The Bertz CT molecular complexity index is 619. The molecule has 4 nitrogen and oxygen atoms in total. The van der Waals surface area contributed by atoms with Crippen LogP contribution in [0.4, 0.5) is 10.3 Å². The number of nitrogens with zero attached hydrogens (tertiary/aromatic N) is 2. The summed E-state index contributed by atoms with van der Waals surface area (Å²) in [6, 6.07) is 3.61. The highest BCUT2D eigenvalue weighted by Gasteiger charge is 2.28. The lowest BCUT2D eigenvalue weighted by Gasteiger charge is -2.27. The van der Waals surface area contributed by atoms with Gasteiger partial charge < -0.3 is 11.1 Å². The van der Waals surface area contributed by atoms with Gasteiger partial charge >= 0.3 is 0 Å². The van der Waals surface area contributed by atoms with Gasteiger partial charge in [-0.2, -0.15) is 0 Å². The molecule has 0 radical (unpaired) electrons. The zero-order chi connectivity index (χ0) is 13.4. The van der Waals surface area contributed by atoms with E-state index in [1.54, 1.807) is 12.3 Å². The lowest BCUT2D eigenvalue weighted by molar-refractivity contribution is 0.231. The molecule has 2 atom stereocenters. The molecule has 0 aliphatic carbocycles. The van der Waals surface area contributed by atoms with Crippen LogP contribution in [0.1, 0.15) is 17.9 Å². The fourth-order valence-electron chi connectivity index (χ4n) is 2.54. The summed E-state index contributed by atoms with van der Waals surface area (Å²) in [5.74, 6) is 0.0252. The number of nitrogens with one attached hydrogen (secondary N) is 1. The van der Waals surface area contributed by atoms with Crippen LogP contribution in [0.25, 0.3) is 10.9 Å². The number of anilines is 1. The van der Waals surface area contributed by atoms with Crippen molar-refractivity contribution in [3.63, 3.8) is 0 Å². The number of aromatic nitrogens is 2. The van der Waals surface area contributed by atoms with E-state index in [-0.39, 0.29) is 11.9 Å². The summed E-state index contributed by atoms with van der Waals surface area (Å²) in [7, 11) is 0. The van der Waals surface area contributed by atoms with E-state index in [0.717, 1.165) is 23.9 Å². The Morgan fingerprint density at radius 2 is 2.26 bits per heavy atom. The van der Waals surface area contributed by atoms with Gasteiger partial charge in [0.1, 0.15) is 6.17 Å². The van der Waals surface area contributed by atoms with E-state index in [9.17, 15) is 4.39 Å². The summed E-state index contributed by atoms with van der Waals surface area (Å²) in [4.78, 5) is 8.10. The van der Waals surface area contributed by atoms with Gasteiger partial charge in [-0.3, -0.25) is 0 Å². The SMILES string of the molecule is Nc1ncc2cc(Cl)c(C3CCNCC3F)cc2n1. The van der Waals surface area contributed by atoms with Crippen LogP contribution in [0.15, 0.2) is 18.3 Å². The molecule has 0 saturated carbocycles. The van der Waals surface area contributed by atoms with Crippen molar-refractivity contribution >= 4 is 28.5 Å². The highest BCUT2D eigenvalue weighted by Crippen LogP contribution is 2.35. The van der Waals surface area contributed by atoms with Crippen molar-refractivity contribution in [3.8, 4) is 0 Å². The van der Waals surface area contributed by atoms with Gasteiger partial charge in [0.2, 0.25) is 5.95 Å². The molecule has 2 aromatic rings. The summed E-state index contributed by atoms with van der Waals surface area (Å²) in [6.45, 7) is 1.16. The second-order valence-corrected chi connectivity index (χ2v) is 5.18. The minimum absolute atomic E-state index is 0.186. The predicted octanol–water partition coefficient (Wildman–Crippen LogP) is 2.28. The topological polar surface area (TPSA) is 63.8 Å². The molecule has 2 heterocycles. The Morgan fingerprint density at radius 3 is 3.05 bits per heavy atom. The first-order chi connectivity index (χ1) is 9.15. The molecule has 1 aliphatic heterocycles. The van der Waals surface area contributed by atoms with E-state index in [2.05, 4.69) is 15.3 Å². The largest absolute Gasteiger partial charge is 0.368 e. The first-order valence-corrected chi connectivity index (χ1v) is 6.59. The third-order valence-corrected chi connectivity index (χ3v) is 3.85. The number of benzene rings is 1. The number of halogens is 2. The molecule has 3 N–H and O–H groups in total. The lowest BCUT2D eigenvalue weighted by atomic mass is 9.88. The van der Waals surface area contributed by atoms with Gasteiger partial charge in [-0.1, -0.05) is 11.6 Å². The van der Waals surface area contributed by atoms with Crippen LogP contribution >= 0.6 is 11.6 Å². The van der Waals surface area contributed by atoms with Gasteiger partial charge in [0.25, 0.3) is 0 Å². The quantitative estimate of drug-likeness (QED) is 0.841. The average molecular weight is 281 g/mol. The van der Waals surface area contributed by atoms with E-state index < -0.39 is 6.17 Å². The molecular weight excluding hydrogens is 267 g/mol. The maximum Gasteiger partial charge on any atom is 0.220 e. The number of piperidine rings is 1. The van der Waals surface area contributed by atoms with Crippen molar-refractivity contribution in [1.29, 1.82) is 0 Å². The standard InChI is InChI=1S/C13H14ClFN4/c14-10-3-7-5-18-13(16)19-12(7)4-9(10)8-1-2-17-6-11(8)15/h3-5,8,11,17H,1-2,6H2,(H2,16,18,19). The van der Waals surface area contributed by atoms with Crippen LogP contribution < -0.4 is 11.1 Å². The monoisotopic (exact) mass is 280 g/mol. The van der Waals surface area contributed by atoms with Crippen LogP contribution in [0.5, 0.6) is 0 Å². The maximum atomic E-state index is 14.0. The number of hydrogen-bond acceptors (Lipinski definition) is 4. The third kappa shape index (κ3) is 2.35. The predicted molar refractivity (Wildman–Crippen MR) is 74.1 cm³/mol. The second kappa shape index (κ2) is 4.90. The van der Waals surface area contributed by atoms with Crippen molar-refractivity contribution in [2.24, 2.45) is 0 Å². The maximum absolute atomic E-state index is 14.0. The van der Waals surface area contributed by atoms with E-state index >= 15 is 0 Å². The van der Waals surface area contributed by atoms with Gasteiger partial charge in [0.15, 0.2) is 0 Å². The molecule has 0 bridgehead atoms. The van der Waals surface area contributed by atoms with Gasteiger partial charge in [-0.25, -0.2) is 14.4 Å². The van der Waals surface area contributed by atoms with E-state index in [0.29, 0.717) is 17.1 Å². The Morgan fingerprint density at radius 1 is 1.42 bits per heavy atom. The van der Waals surface area contributed by atoms with Crippen molar-refractivity contribution in [1.82, 2.24) is 15.3 Å². The molecule has 1 aromatic carbocycles. The summed E-state index contributed by atoms with van der Waals surface area (Å²) in [5.41, 5.74) is 7.09. The molecule has 0 amide bonds. The number of rotatable bonds is 1. The van der Waals surface area contributed by atoms with Gasteiger partial charge in [0, 0.05) is 29.1 Å². The minimum Gasteiger partial charge on any atom is -0.368 e. The molecule has 6 heteroatoms. The highest BCUT2D eigenvalue weighted by atomic mass is 35.5. The summed E-state index contributed by atoms with van der Waals surface area (Å²) >= 11 is 6.27. The number of nitrogens with two attached hydrogens (primary N) is 1. The number of fused-ring (bicyclic) bond motifs is 1. The summed E-state index contributed by atoms with van der Waals surface area (Å²) in [6.07, 6.45) is 1.43. The Balaban J connectivity index is 2.09. The van der Waals surface area contributed by atoms with Crippen molar-refractivity contribution in [3.05, 3.63) is 28.9 Å². The fourth-order valence-corrected chi connectivity index (χ4v) is 2.85. The molecular formula is C13H14ClFN4. The average Bonchev–Trinajstić information content (AvgIpc) is 2.39. The summed E-state index contributed by atoms with van der Waals surface area (Å²) < 4.78 is 14.0. The first-order valence-electron chi connectivity index (χ1n) is 6.21. The Kier molecular flexibility index (Phi) is 3.24. The van der Waals surface area contributed by atoms with Crippen LogP contribution in [-0.2, 0) is 0 Å². The second-order valence-electron chi connectivity index (χ2n) is 4.78. The molecule has 100 valence electrons. The molecule has 1 saturated heterocycles. The molecule has 0 spiro atoms.